The fourth-order valence-corrected chi connectivity index (χ4v) is 1.19. The molecule has 2 amide bonds. The monoisotopic (exact) mass is 245 g/mol. The third kappa shape index (κ3) is 7.57. The van der Waals surface area contributed by atoms with Gasteiger partial charge in [-0.05, 0) is 33.4 Å². The van der Waals surface area contributed by atoms with Gasteiger partial charge in [0.1, 0.15) is 0 Å². The molecule has 17 heavy (non-hydrogen) atoms. The van der Waals surface area contributed by atoms with Crippen LogP contribution in [-0.4, -0.2) is 42.8 Å². The van der Waals surface area contributed by atoms with Gasteiger partial charge in [-0.25, -0.2) is 4.79 Å². The van der Waals surface area contributed by atoms with E-state index in [0.717, 1.165) is 19.5 Å². The van der Waals surface area contributed by atoms with E-state index >= 15 is 0 Å². The highest BCUT2D eigenvalue weighted by atomic mass is 16.4. The Balaban J connectivity index is 3.67. The molecule has 0 spiro atoms. The van der Waals surface area contributed by atoms with Crippen LogP contribution in [0.4, 0.5) is 4.79 Å². The Bertz CT molecular complexity index is 246. The molecular formula is C11H23N3O3. The lowest BCUT2D eigenvalue weighted by molar-refractivity contribution is -0.141. The van der Waals surface area contributed by atoms with Gasteiger partial charge in [0, 0.05) is 12.6 Å². The van der Waals surface area contributed by atoms with Crippen LogP contribution in [0.2, 0.25) is 0 Å². The SMILES string of the molecule is CCNCCCNC(=O)NC(C)C(C)C(=O)O. The van der Waals surface area contributed by atoms with Crippen molar-refractivity contribution >= 4 is 12.0 Å². The lowest BCUT2D eigenvalue weighted by atomic mass is 10.0. The Labute approximate surface area is 102 Å². The van der Waals surface area contributed by atoms with E-state index in [4.69, 9.17) is 5.11 Å². The Morgan fingerprint density at radius 1 is 1.24 bits per heavy atom. The second-order valence-corrected chi connectivity index (χ2v) is 4.02. The molecule has 0 aliphatic carbocycles. The van der Waals surface area contributed by atoms with Gasteiger partial charge in [0.05, 0.1) is 5.92 Å². The van der Waals surface area contributed by atoms with Gasteiger partial charge in [-0.3, -0.25) is 4.79 Å². The molecule has 6 nitrogen and oxygen atoms in total. The van der Waals surface area contributed by atoms with Crippen molar-refractivity contribution in [3.8, 4) is 0 Å². The Hall–Kier alpha value is -1.30. The molecule has 2 atom stereocenters. The van der Waals surface area contributed by atoms with Gasteiger partial charge >= 0.3 is 12.0 Å². The van der Waals surface area contributed by atoms with Crippen molar-refractivity contribution in [1.29, 1.82) is 0 Å². The van der Waals surface area contributed by atoms with Crippen molar-refractivity contribution in [3.05, 3.63) is 0 Å². The van der Waals surface area contributed by atoms with Crippen molar-refractivity contribution in [2.24, 2.45) is 5.92 Å². The Kier molecular flexibility index (Phi) is 8.13. The Morgan fingerprint density at radius 2 is 1.88 bits per heavy atom. The summed E-state index contributed by atoms with van der Waals surface area (Å²) in [4.78, 5) is 22.1. The zero-order valence-electron chi connectivity index (χ0n) is 10.7. The molecule has 4 N–H and O–H groups in total. The highest BCUT2D eigenvalue weighted by Crippen LogP contribution is 2.01. The normalized spacial score (nSPS) is 13.8. The number of amides is 2. The predicted octanol–water partition coefficient (Wildman–Crippen LogP) is 0.394. The summed E-state index contributed by atoms with van der Waals surface area (Å²) in [5, 5.41) is 17.2. The minimum atomic E-state index is -0.912. The molecule has 0 aliphatic heterocycles. The second-order valence-electron chi connectivity index (χ2n) is 4.02. The lowest BCUT2D eigenvalue weighted by Gasteiger charge is -2.18. The molecule has 0 aliphatic rings. The summed E-state index contributed by atoms with van der Waals surface area (Å²) in [7, 11) is 0. The third-order valence-corrected chi connectivity index (χ3v) is 2.56. The number of rotatable bonds is 8. The highest BCUT2D eigenvalue weighted by Gasteiger charge is 2.20. The maximum absolute atomic E-state index is 11.4. The number of nitrogens with one attached hydrogen (secondary N) is 3. The third-order valence-electron chi connectivity index (χ3n) is 2.56. The molecule has 2 unspecified atom stereocenters. The summed E-state index contributed by atoms with van der Waals surface area (Å²) in [6.45, 7) is 7.62. The topological polar surface area (TPSA) is 90.5 Å². The van der Waals surface area contributed by atoms with Gasteiger partial charge in [0.15, 0.2) is 0 Å². The first-order valence-corrected chi connectivity index (χ1v) is 5.97. The molecule has 100 valence electrons. The van der Waals surface area contributed by atoms with E-state index in [1.54, 1.807) is 13.8 Å². The standard InChI is InChI=1S/C11H23N3O3/c1-4-12-6-5-7-13-11(17)14-9(3)8(2)10(15)16/h8-9,12H,4-7H2,1-3H3,(H,15,16)(H2,13,14,17). The fraction of sp³-hybridized carbons (Fsp3) is 0.818. The molecule has 0 saturated carbocycles. The molecule has 0 heterocycles. The van der Waals surface area contributed by atoms with Gasteiger partial charge in [-0.15, -0.1) is 0 Å². The summed E-state index contributed by atoms with van der Waals surface area (Å²) in [6, 6.07) is -0.705. The van der Waals surface area contributed by atoms with Crippen molar-refractivity contribution < 1.29 is 14.7 Å². The molecule has 0 radical (unpaired) electrons. The van der Waals surface area contributed by atoms with E-state index in [-0.39, 0.29) is 12.1 Å². The van der Waals surface area contributed by atoms with Crippen LogP contribution in [0.15, 0.2) is 0 Å². The van der Waals surface area contributed by atoms with E-state index in [1.807, 2.05) is 6.92 Å². The molecule has 0 aromatic heterocycles. The van der Waals surface area contributed by atoms with Crippen LogP contribution in [-0.2, 0) is 4.79 Å². The average Bonchev–Trinajstić information content (AvgIpc) is 2.27. The zero-order chi connectivity index (χ0) is 13.3. The number of urea groups is 1. The number of hydrogen-bond donors (Lipinski definition) is 4. The van der Waals surface area contributed by atoms with Crippen LogP contribution in [0.1, 0.15) is 27.2 Å². The predicted molar refractivity (Wildman–Crippen MR) is 66.0 cm³/mol. The van der Waals surface area contributed by atoms with Crippen molar-refractivity contribution in [3.63, 3.8) is 0 Å². The lowest BCUT2D eigenvalue weighted by Crippen LogP contribution is -2.45. The second kappa shape index (κ2) is 8.81. The number of carboxylic acids is 1. The molecule has 0 fully saturated rings. The number of carbonyl (C=O) groups excluding carboxylic acids is 1. The number of carbonyl (C=O) groups is 2. The van der Waals surface area contributed by atoms with E-state index < -0.39 is 11.9 Å². The summed E-state index contributed by atoms with van der Waals surface area (Å²) in [5.74, 6) is -1.51. The van der Waals surface area contributed by atoms with Gasteiger partial charge in [0.2, 0.25) is 0 Å². The first-order chi connectivity index (χ1) is 7.99. The van der Waals surface area contributed by atoms with Gasteiger partial charge < -0.3 is 21.1 Å². The average molecular weight is 245 g/mol. The number of aliphatic carboxylic acids is 1. The van der Waals surface area contributed by atoms with Crippen molar-refractivity contribution in [1.82, 2.24) is 16.0 Å². The maximum Gasteiger partial charge on any atom is 0.315 e. The molecule has 0 rings (SSSR count). The van der Waals surface area contributed by atoms with E-state index in [1.165, 1.54) is 0 Å². The largest absolute Gasteiger partial charge is 0.481 e. The molecular weight excluding hydrogens is 222 g/mol. The van der Waals surface area contributed by atoms with Crippen LogP contribution in [0.3, 0.4) is 0 Å². The first kappa shape index (κ1) is 15.7. The van der Waals surface area contributed by atoms with Crippen molar-refractivity contribution in [2.75, 3.05) is 19.6 Å². The maximum atomic E-state index is 11.4. The summed E-state index contributed by atoms with van der Waals surface area (Å²) >= 11 is 0. The quantitative estimate of drug-likeness (QED) is 0.466. The van der Waals surface area contributed by atoms with Crippen LogP contribution < -0.4 is 16.0 Å². The minimum Gasteiger partial charge on any atom is -0.481 e. The van der Waals surface area contributed by atoms with Gasteiger partial charge in [-0.2, -0.15) is 0 Å². The smallest absolute Gasteiger partial charge is 0.315 e. The van der Waals surface area contributed by atoms with Crippen LogP contribution in [0.25, 0.3) is 0 Å². The molecule has 0 saturated heterocycles. The van der Waals surface area contributed by atoms with E-state index in [9.17, 15) is 9.59 Å². The van der Waals surface area contributed by atoms with Crippen LogP contribution >= 0.6 is 0 Å². The van der Waals surface area contributed by atoms with Crippen LogP contribution in [0, 0.1) is 5.92 Å². The van der Waals surface area contributed by atoms with E-state index in [0.29, 0.717) is 6.54 Å². The molecule has 6 heteroatoms. The van der Waals surface area contributed by atoms with Gasteiger partial charge in [0.25, 0.3) is 0 Å². The van der Waals surface area contributed by atoms with Crippen molar-refractivity contribution in [2.45, 2.75) is 33.2 Å². The summed E-state index contributed by atoms with van der Waals surface area (Å²) in [6.07, 6.45) is 0.851. The summed E-state index contributed by atoms with van der Waals surface area (Å²) < 4.78 is 0. The Morgan fingerprint density at radius 3 is 2.41 bits per heavy atom. The fourth-order valence-electron chi connectivity index (χ4n) is 1.19. The molecule has 0 aromatic rings. The summed E-state index contributed by atoms with van der Waals surface area (Å²) in [5.41, 5.74) is 0. The first-order valence-electron chi connectivity index (χ1n) is 5.97. The number of hydrogen-bond acceptors (Lipinski definition) is 3. The van der Waals surface area contributed by atoms with Crippen LogP contribution in [0.5, 0.6) is 0 Å². The minimum absolute atomic E-state index is 0.318. The molecule has 0 bridgehead atoms. The number of carboxylic acid groups (broad SMARTS) is 1. The zero-order valence-corrected chi connectivity index (χ0v) is 10.7. The molecule has 0 aromatic carbocycles. The van der Waals surface area contributed by atoms with Gasteiger partial charge in [-0.1, -0.05) is 6.92 Å². The highest BCUT2D eigenvalue weighted by molar-refractivity contribution is 5.76. The van der Waals surface area contributed by atoms with E-state index in [2.05, 4.69) is 16.0 Å².